The van der Waals surface area contributed by atoms with E-state index in [2.05, 4.69) is 53.6 Å². The standard InChI is InChI=1S/C24H31N3O2/c1-3-22(19-13-11-18(2)12-14-19)26-23(28)17-27-15-7-8-20(16-27)24(29)25-21-9-5-4-6-10-21/h4-6,9-14,20,22H,3,7-8,15-17H2,1-2H3,(H,25,29)(H,26,28)/t20-,22+/m1/s1. The van der Waals surface area contributed by atoms with Crippen molar-refractivity contribution in [1.82, 2.24) is 10.2 Å². The summed E-state index contributed by atoms with van der Waals surface area (Å²) in [6, 6.07) is 17.8. The van der Waals surface area contributed by atoms with E-state index in [1.54, 1.807) is 0 Å². The van der Waals surface area contributed by atoms with Crippen molar-refractivity contribution in [3.8, 4) is 0 Å². The largest absolute Gasteiger partial charge is 0.348 e. The second-order valence-electron chi connectivity index (χ2n) is 7.87. The van der Waals surface area contributed by atoms with Gasteiger partial charge in [0.25, 0.3) is 0 Å². The van der Waals surface area contributed by atoms with Crippen molar-refractivity contribution in [2.45, 2.75) is 39.2 Å². The number of piperidine rings is 1. The van der Waals surface area contributed by atoms with Crippen LogP contribution >= 0.6 is 0 Å². The van der Waals surface area contributed by atoms with Crippen LogP contribution in [0.15, 0.2) is 54.6 Å². The van der Waals surface area contributed by atoms with Gasteiger partial charge in [0.05, 0.1) is 18.5 Å². The summed E-state index contributed by atoms with van der Waals surface area (Å²) in [6.07, 6.45) is 2.63. The fourth-order valence-corrected chi connectivity index (χ4v) is 3.84. The molecule has 2 aromatic carbocycles. The highest BCUT2D eigenvalue weighted by atomic mass is 16.2. The molecular weight excluding hydrogens is 362 g/mol. The molecule has 0 aliphatic carbocycles. The zero-order valence-electron chi connectivity index (χ0n) is 17.4. The summed E-state index contributed by atoms with van der Waals surface area (Å²) < 4.78 is 0. The topological polar surface area (TPSA) is 61.4 Å². The zero-order valence-corrected chi connectivity index (χ0v) is 17.4. The van der Waals surface area contributed by atoms with Crippen molar-refractivity contribution in [3.05, 3.63) is 65.7 Å². The van der Waals surface area contributed by atoms with Crippen LogP contribution in [0.5, 0.6) is 0 Å². The minimum absolute atomic E-state index is 0.0153. The molecule has 1 aliphatic rings. The van der Waals surface area contributed by atoms with Gasteiger partial charge in [0.1, 0.15) is 0 Å². The molecule has 5 nitrogen and oxygen atoms in total. The molecular formula is C24H31N3O2. The number of hydrogen-bond acceptors (Lipinski definition) is 3. The van der Waals surface area contributed by atoms with Crippen LogP contribution in [0.1, 0.15) is 43.4 Å². The summed E-state index contributed by atoms with van der Waals surface area (Å²) in [6.45, 7) is 5.94. The van der Waals surface area contributed by atoms with Gasteiger partial charge < -0.3 is 10.6 Å². The van der Waals surface area contributed by atoms with Gasteiger partial charge in [-0.3, -0.25) is 14.5 Å². The Bertz CT molecular complexity index is 805. The van der Waals surface area contributed by atoms with Crippen molar-refractivity contribution in [2.24, 2.45) is 5.92 Å². The number of amides is 2. The first-order valence-corrected chi connectivity index (χ1v) is 10.5. The van der Waals surface area contributed by atoms with Gasteiger partial charge >= 0.3 is 0 Å². The van der Waals surface area contributed by atoms with Crippen LogP contribution in [0, 0.1) is 12.8 Å². The Kier molecular flexibility index (Phi) is 7.42. The lowest BCUT2D eigenvalue weighted by molar-refractivity contribution is -0.126. The lowest BCUT2D eigenvalue weighted by Crippen LogP contribution is -2.45. The zero-order chi connectivity index (χ0) is 20.6. The van der Waals surface area contributed by atoms with E-state index in [1.807, 2.05) is 30.3 Å². The summed E-state index contributed by atoms with van der Waals surface area (Å²) in [7, 11) is 0. The highest BCUT2D eigenvalue weighted by molar-refractivity contribution is 5.92. The van der Waals surface area contributed by atoms with Crippen LogP contribution in [0.4, 0.5) is 5.69 Å². The number of rotatable bonds is 7. The Morgan fingerprint density at radius 3 is 2.52 bits per heavy atom. The van der Waals surface area contributed by atoms with Gasteiger partial charge in [-0.1, -0.05) is 55.0 Å². The first kappa shape index (κ1) is 21.1. The first-order valence-electron chi connectivity index (χ1n) is 10.5. The third kappa shape index (κ3) is 6.16. The molecule has 0 spiro atoms. The fourth-order valence-electron chi connectivity index (χ4n) is 3.84. The summed E-state index contributed by atoms with van der Waals surface area (Å²) in [5.41, 5.74) is 3.16. The van der Waals surface area contributed by atoms with Crippen molar-refractivity contribution in [1.29, 1.82) is 0 Å². The maximum atomic E-state index is 12.6. The van der Waals surface area contributed by atoms with Crippen LogP contribution < -0.4 is 10.6 Å². The van der Waals surface area contributed by atoms with Gasteiger partial charge in [0.2, 0.25) is 11.8 Å². The van der Waals surface area contributed by atoms with Gasteiger partial charge in [-0.25, -0.2) is 0 Å². The smallest absolute Gasteiger partial charge is 0.234 e. The van der Waals surface area contributed by atoms with Crippen LogP contribution in [0.25, 0.3) is 0 Å². The van der Waals surface area contributed by atoms with Crippen molar-refractivity contribution < 1.29 is 9.59 Å². The molecule has 5 heteroatoms. The van der Waals surface area contributed by atoms with E-state index in [4.69, 9.17) is 0 Å². The van der Waals surface area contributed by atoms with Crippen LogP contribution in [-0.2, 0) is 9.59 Å². The summed E-state index contributed by atoms with van der Waals surface area (Å²) >= 11 is 0. The molecule has 2 atom stereocenters. The predicted molar refractivity (Wildman–Crippen MR) is 117 cm³/mol. The Hall–Kier alpha value is -2.66. The van der Waals surface area contributed by atoms with E-state index in [-0.39, 0.29) is 23.8 Å². The number of nitrogens with zero attached hydrogens (tertiary/aromatic N) is 1. The molecule has 1 fully saturated rings. The SMILES string of the molecule is CC[C@H](NC(=O)CN1CCC[C@@H](C(=O)Nc2ccccc2)C1)c1ccc(C)cc1. The van der Waals surface area contributed by atoms with Crippen LogP contribution in [0.2, 0.25) is 0 Å². The number of likely N-dealkylation sites (tertiary alicyclic amines) is 1. The molecule has 3 rings (SSSR count). The first-order chi connectivity index (χ1) is 14.0. The molecule has 29 heavy (non-hydrogen) atoms. The van der Waals surface area contributed by atoms with Gasteiger partial charge in [0.15, 0.2) is 0 Å². The maximum Gasteiger partial charge on any atom is 0.234 e. The van der Waals surface area contributed by atoms with E-state index in [1.165, 1.54) is 5.56 Å². The van der Waals surface area contributed by atoms with E-state index in [0.29, 0.717) is 13.1 Å². The average Bonchev–Trinajstić information content (AvgIpc) is 2.73. The lowest BCUT2D eigenvalue weighted by Gasteiger charge is -2.32. The highest BCUT2D eigenvalue weighted by Crippen LogP contribution is 2.20. The molecule has 2 amide bonds. The van der Waals surface area contributed by atoms with E-state index in [9.17, 15) is 9.59 Å². The highest BCUT2D eigenvalue weighted by Gasteiger charge is 2.27. The molecule has 2 aromatic rings. The number of anilines is 1. The number of carbonyl (C=O) groups excluding carboxylic acids is 2. The maximum absolute atomic E-state index is 12.6. The monoisotopic (exact) mass is 393 g/mol. The Labute approximate surface area is 173 Å². The number of benzene rings is 2. The van der Waals surface area contributed by atoms with Gasteiger partial charge in [0, 0.05) is 12.2 Å². The quantitative estimate of drug-likeness (QED) is 0.750. The third-order valence-corrected chi connectivity index (χ3v) is 5.51. The number of para-hydroxylation sites is 1. The number of carbonyl (C=O) groups is 2. The second kappa shape index (κ2) is 10.2. The molecule has 1 aliphatic heterocycles. The average molecular weight is 394 g/mol. The Balaban J connectivity index is 1.51. The van der Waals surface area contributed by atoms with Crippen molar-refractivity contribution in [2.75, 3.05) is 25.0 Å². The second-order valence-corrected chi connectivity index (χ2v) is 7.87. The molecule has 154 valence electrons. The van der Waals surface area contributed by atoms with Crippen molar-refractivity contribution in [3.63, 3.8) is 0 Å². The predicted octanol–water partition coefficient (Wildman–Crippen LogP) is 3.91. The number of aryl methyl sites for hydroxylation is 1. The van der Waals surface area contributed by atoms with E-state index in [0.717, 1.165) is 37.1 Å². The van der Waals surface area contributed by atoms with E-state index < -0.39 is 0 Å². The molecule has 1 heterocycles. The molecule has 0 aromatic heterocycles. The van der Waals surface area contributed by atoms with Gasteiger partial charge in [-0.15, -0.1) is 0 Å². The normalized spacial score (nSPS) is 18.1. The minimum atomic E-state index is -0.0872. The van der Waals surface area contributed by atoms with Gasteiger partial charge in [-0.05, 0) is 50.4 Å². The number of hydrogen-bond donors (Lipinski definition) is 2. The Morgan fingerprint density at radius 2 is 1.83 bits per heavy atom. The summed E-state index contributed by atoms with van der Waals surface area (Å²) in [5.74, 6) is -0.0373. The Morgan fingerprint density at radius 1 is 1.10 bits per heavy atom. The molecule has 2 N–H and O–H groups in total. The van der Waals surface area contributed by atoms with Crippen molar-refractivity contribution >= 4 is 17.5 Å². The minimum Gasteiger partial charge on any atom is -0.348 e. The summed E-state index contributed by atoms with van der Waals surface area (Å²) in [4.78, 5) is 27.3. The summed E-state index contributed by atoms with van der Waals surface area (Å²) in [5, 5.41) is 6.14. The molecule has 0 unspecified atom stereocenters. The van der Waals surface area contributed by atoms with E-state index >= 15 is 0 Å². The van der Waals surface area contributed by atoms with Gasteiger partial charge in [-0.2, -0.15) is 0 Å². The lowest BCUT2D eigenvalue weighted by atomic mass is 9.97. The molecule has 0 radical (unpaired) electrons. The molecule has 1 saturated heterocycles. The number of nitrogens with one attached hydrogen (secondary N) is 2. The van der Waals surface area contributed by atoms with Crippen LogP contribution in [0.3, 0.4) is 0 Å². The molecule has 0 saturated carbocycles. The van der Waals surface area contributed by atoms with Crippen LogP contribution in [-0.4, -0.2) is 36.3 Å². The molecule has 0 bridgehead atoms. The third-order valence-electron chi connectivity index (χ3n) is 5.51. The fraction of sp³-hybridized carbons (Fsp3) is 0.417.